The zero-order chi connectivity index (χ0) is 17.5. The number of nitrogens with one attached hydrogen (secondary N) is 3. The van der Waals surface area contributed by atoms with E-state index in [1.165, 1.54) is 18.2 Å². The SMILES string of the molecule is CCNC(=O)NCCCOC(=O)[C@H]1CC(=O)Nc2cc(F)ccc21. The van der Waals surface area contributed by atoms with E-state index in [-0.39, 0.29) is 25.0 Å². The van der Waals surface area contributed by atoms with E-state index in [0.717, 1.165) is 0 Å². The summed E-state index contributed by atoms with van der Waals surface area (Å²) in [5, 5.41) is 7.75. The second-order valence-electron chi connectivity index (χ2n) is 5.34. The standard InChI is InChI=1S/C16H20FN3O4/c1-2-18-16(23)19-6-3-7-24-15(22)12-9-14(21)20-13-8-10(17)4-5-11(12)13/h4-5,8,12H,2-3,6-7,9H2,1H3,(H,20,21)(H2,18,19,23)/t12-/m0/s1. The fourth-order valence-corrected chi connectivity index (χ4v) is 2.42. The molecule has 1 aliphatic heterocycles. The number of hydrogen-bond donors (Lipinski definition) is 3. The van der Waals surface area contributed by atoms with E-state index in [1.807, 2.05) is 6.92 Å². The highest BCUT2D eigenvalue weighted by molar-refractivity contribution is 5.99. The molecule has 0 bridgehead atoms. The van der Waals surface area contributed by atoms with Gasteiger partial charge in [-0.05, 0) is 31.0 Å². The molecule has 3 N–H and O–H groups in total. The Kier molecular flexibility index (Phi) is 6.11. The monoisotopic (exact) mass is 337 g/mol. The molecule has 0 spiro atoms. The van der Waals surface area contributed by atoms with Gasteiger partial charge in [0.2, 0.25) is 5.91 Å². The summed E-state index contributed by atoms with van der Waals surface area (Å²) in [7, 11) is 0. The first kappa shape index (κ1) is 17.7. The fraction of sp³-hybridized carbons (Fsp3) is 0.438. The molecule has 0 saturated heterocycles. The Labute approximate surface area is 138 Å². The first-order valence-electron chi connectivity index (χ1n) is 7.79. The second-order valence-corrected chi connectivity index (χ2v) is 5.34. The molecule has 0 radical (unpaired) electrons. The first-order chi connectivity index (χ1) is 11.5. The summed E-state index contributed by atoms with van der Waals surface area (Å²) in [6.45, 7) is 2.84. The molecule has 1 heterocycles. The van der Waals surface area contributed by atoms with Crippen molar-refractivity contribution in [3.63, 3.8) is 0 Å². The van der Waals surface area contributed by atoms with E-state index in [4.69, 9.17) is 4.74 Å². The average Bonchev–Trinajstić information content (AvgIpc) is 2.53. The van der Waals surface area contributed by atoms with E-state index < -0.39 is 17.7 Å². The van der Waals surface area contributed by atoms with Crippen LogP contribution in [-0.2, 0) is 14.3 Å². The normalized spacial score (nSPS) is 15.9. The van der Waals surface area contributed by atoms with Gasteiger partial charge in [0.1, 0.15) is 5.82 Å². The highest BCUT2D eigenvalue weighted by Gasteiger charge is 2.32. The van der Waals surface area contributed by atoms with Crippen LogP contribution in [0.5, 0.6) is 0 Å². The molecule has 1 atom stereocenters. The van der Waals surface area contributed by atoms with Gasteiger partial charge in [-0.15, -0.1) is 0 Å². The number of benzene rings is 1. The van der Waals surface area contributed by atoms with Crippen molar-refractivity contribution >= 4 is 23.6 Å². The number of urea groups is 1. The van der Waals surface area contributed by atoms with E-state index in [0.29, 0.717) is 30.8 Å². The maximum absolute atomic E-state index is 13.3. The minimum Gasteiger partial charge on any atom is -0.465 e. The van der Waals surface area contributed by atoms with Crippen molar-refractivity contribution in [2.75, 3.05) is 25.0 Å². The minimum atomic E-state index is -0.745. The van der Waals surface area contributed by atoms with Crippen LogP contribution in [0.15, 0.2) is 18.2 Å². The first-order valence-corrected chi connectivity index (χ1v) is 7.79. The summed E-state index contributed by atoms with van der Waals surface area (Å²) in [4.78, 5) is 35.0. The average molecular weight is 337 g/mol. The summed E-state index contributed by atoms with van der Waals surface area (Å²) in [5.41, 5.74) is 0.840. The number of anilines is 1. The molecule has 0 saturated carbocycles. The van der Waals surface area contributed by atoms with Gasteiger partial charge in [0.15, 0.2) is 0 Å². The van der Waals surface area contributed by atoms with Crippen LogP contribution in [-0.4, -0.2) is 37.6 Å². The van der Waals surface area contributed by atoms with Crippen molar-refractivity contribution < 1.29 is 23.5 Å². The minimum absolute atomic E-state index is 0.0331. The Morgan fingerprint density at radius 3 is 2.92 bits per heavy atom. The molecule has 7 nitrogen and oxygen atoms in total. The number of hydrogen-bond acceptors (Lipinski definition) is 4. The third kappa shape index (κ3) is 4.68. The summed E-state index contributed by atoms with van der Waals surface area (Å²) in [6, 6.07) is 3.63. The number of rotatable bonds is 6. The number of amides is 3. The highest BCUT2D eigenvalue weighted by Crippen LogP contribution is 2.33. The number of fused-ring (bicyclic) bond motifs is 1. The number of carbonyl (C=O) groups is 3. The quantitative estimate of drug-likeness (QED) is 0.541. The van der Waals surface area contributed by atoms with E-state index in [2.05, 4.69) is 16.0 Å². The lowest BCUT2D eigenvalue weighted by Gasteiger charge is -2.24. The molecular formula is C16H20FN3O4. The Balaban J connectivity index is 1.85. The largest absolute Gasteiger partial charge is 0.465 e. The molecule has 1 aromatic carbocycles. The maximum atomic E-state index is 13.3. The lowest BCUT2D eigenvalue weighted by atomic mass is 9.90. The summed E-state index contributed by atoms with van der Waals surface area (Å²) in [6.07, 6.45) is 0.423. The van der Waals surface area contributed by atoms with E-state index in [1.54, 1.807) is 0 Å². The Bertz CT molecular complexity index is 636. The predicted octanol–water partition coefficient (Wildman–Crippen LogP) is 1.50. The molecule has 0 aliphatic carbocycles. The maximum Gasteiger partial charge on any atom is 0.314 e. The van der Waals surface area contributed by atoms with Crippen molar-refractivity contribution in [1.29, 1.82) is 0 Å². The van der Waals surface area contributed by atoms with Gasteiger partial charge in [0, 0.05) is 25.2 Å². The molecule has 3 amide bonds. The highest BCUT2D eigenvalue weighted by atomic mass is 19.1. The van der Waals surface area contributed by atoms with E-state index in [9.17, 15) is 18.8 Å². The van der Waals surface area contributed by atoms with Crippen LogP contribution in [0.1, 0.15) is 31.2 Å². The van der Waals surface area contributed by atoms with Crippen molar-refractivity contribution in [2.24, 2.45) is 0 Å². The number of esters is 1. The Morgan fingerprint density at radius 2 is 2.17 bits per heavy atom. The van der Waals surface area contributed by atoms with Gasteiger partial charge in [0.25, 0.3) is 0 Å². The molecule has 2 rings (SSSR count). The zero-order valence-corrected chi connectivity index (χ0v) is 13.4. The Morgan fingerprint density at radius 1 is 1.38 bits per heavy atom. The van der Waals surface area contributed by atoms with Crippen LogP contribution in [0.4, 0.5) is 14.9 Å². The topological polar surface area (TPSA) is 96.5 Å². The van der Waals surface area contributed by atoms with Crippen LogP contribution in [0.3, 0.4) is 0 Å². The van der Waals surface area contributed by atoms with Crippen LogP contribution in [0.2, 0.25) is 0 Å². The molecule has 1 aromatic rings. The Hall–Kier alpha value is -2.64. The molecular weight excluding hydrogens is 317 g/mol. The van der Waals surface area contributed by atoms with Crippen LogP contribution >= 0.6 is 0 Å². The van der Waals surface area contributed by atoms with Gasteiger partial charge < -0.3 is 20.7 Å². The van der Waals surface area contributed by atoms with Gasteiger partial charge >= 0.3 is 12.0 Å². The summed E-state index contributed by atoms with van der Waals surface area (Å²) >= 11 is 0. The van der Waals surface area contributed by atoms with Gasteiger partial charge in [-0.3, -0.25) is 9.59 Å². The molecule has 0 unspecified atom stereocenters. The van der Waals surface area contributed by atoms with Crippen molar-refractivity contribution in [2.45, 2.75) is 25.7 Å². The third-order valence-electron chi connectivity index (χ3n) is 3.53. The smallest absolute Gasteiger partial charge is 0.314 e. The molecule has 8 heteroatoms. The number of carbonyl (C=O) groups excluding carboxylic acids is 3. The van der Waals surface area contributed by atoms with Crippen LogP contribution in [0, 0.1) is 5.82 Å². The molecule has 130 valence electrons. The lowest BCUT2D eigenvalue weighted by molar-refractivity contribution is -0.146. The van der Waals surface area contributed by atoms with Crippen LogP contribution < -0.4 is 16.0 Å². The molecule has 0 fully saturated rings. The predicted molar refractivity (Wildman–Crippen MR) is 85.0 cm³/mol. The van der Waals surface area contributed by atoms with E-state index >= 15 is 0 Å². The van der Waals surface area contributed by atoms with Gasteiger partial charge in [-0.2, -0.15) is 0 Å². The molecule has 24 heavy (non-hydrogen) atoms. The van der Waals surface area contributed by atoms with Crippen molar-refractivity contribution in [1.82, 2.24) is 10.6 Å². The van der Waals surface area contributed by atoms with Crippen molar-refractivity contribution in [3.8, 4) is 0 Å². The van der Waals surface area contributed by atoms with Crippen LogP contribution in [0.25, 0.3) is 0 Å². The fourth-order valence-electron chi connectivity index (χ4n) is 2.42. The molecule has 0 aromatic heterocycles. The molecule has 1 aliphatic rings. The van der Waals surface area contributed by atoms with Crippen molar-refractivity contribution in [3.05, 3.63) is 29.6 Å². The summed E-state index contributed by atoms with van der Waals surface area (Å²) in [5.74, 6) is -2.12. The third-order valence-corrected chi connectivity index (χ3v) is 3.53. The van der Waals surface area contributed by atoms with Gasteiger partial charge in [0.05, 0.1) is 12.5 Å². The number of halogens is 1. The summed E-state index contributed by atoms with van der Waals surface area (Å²) < 4.78 is 18.4. The number of ether oxygens (including phenoxy) is 1. The zero-order valence-electron chi connectivity index (χ0n) is 13.4. The van der Waals surface area contributed by atoms with Gasteiger partial charge in [-0.25, -0.2) is 9.18 Å². The second kappa shape index (κ2) is 8.28. The van der Waals surface area contributed by atoms with Gasteiger partial charge in [-0.1, -0.05) is 6.07 Å². The lowest BCUT2D eigenvalue weighted by Crippen LogP contribution is -2.36.